The van der Waals surface area contributed by atoms with Crippen LogP contribution in [0.1, 0.15) is 21.6 Å². The van der Waals surface area contributed by atoms with Crippen LogP contribution in [-0.2, 0) is 19.1 Å². The van der Waals surface area contributed by atoms with Gasteiger partial charge in [-0.3, -0.25) is 19.4 Å². The Labute approximate surface area is 219 Å². The maximum absolute atomic E-state index is 13.2. The Morgan fingerprint density at radius 2 is 1.67 bits per heavy atom. The number of benzene rings is 3. The Morgan fingerprint density at radius 1 is 0.923 bits per heavy atom. The number of aryl methyl sites for hydroxylation is 2. The second kappa shape index (κ2) is 10.4. The number of nitrogens with zero attached hydrogens (tertiary/aromatic N) is 2. The number of alkyl halides is 3. The van der Waals surface area contributed by atoms with Crippen molar-refractivity contribution in [3.63, 3.8) is 0 Å². The molecule has 0 bridgehead atoms. The van der Waals surface area contributed by atoms with E-state index in [9.17, 15) is 27.6 Å². The highest BCUT2D eigenvalue weighted by Gasteiger charge is 2.30. The van der Waals surface area contributed by atoms with Crippen LogP contribution in [0.15, 0.2) is 101 Å². The van der Waals surface area contributed by atoms with E-state index in [0.29, 0.717) is 34.3 Å². The summed E-state index contributed by atoms with van der Waals surface area (Å²) >= 11 is 0. The number of carbonyl (C=O) groups excluding carboxylic acids is 1. The summed E-state index contributed by atoms with van der Waals surface area (Å²) in [7, 11) is 0. The van der Waals surface area contributed by atoms with Gasteiger partial charge in [-0.2, -0.15) is 13.2 Å². The van der Waals surface area contributed by atoms with Crippen LogP contribution in [0.25, 0.3) is 22.2 Å². The molecule has 2 N–H and O–H groups in total. The number of aromatic nitrogens is 3. The summed E-state index contributed by atoms with van der Waals surface area (Å²) in [5, 5.41) is 2.77. The van der Waals surface area contributed by atoms with E-state index in [1.54, 1.807) is 54.7 Å². The van der Waals surface area contributed by atoms with Crippen LogP contribution in [0.4, 0.5) is 18.9 Å². The zero-order chi connectivity index (χ0) is 27.6. The normalized spacial score (nSPS) is 11.5. The number of carbonyl (C=O) groups is 1. The molecule has 0 atom stereocenters. The molecule has 7 nitrogen and oxygen atoms in total. The third kappa shape index (κ3) is 5.49. The van der Waals surface area contributed by atoms with Gasteiger partial charge < -0.3 is 14.9 Å². The molecule has 39 heavy (non-hydrogen) atoms. The minimum atomic E-state index is -4.46. The molecule has 0 spiro atoms. The fraction of sp³-hybridized carbons (Fsp3) is 0.103. The number of H-pyrrole nitrogens is 1. The molecule has 0 unspecified atom stereocenters. The Bertz CT molecular complexity index is 1780. The number of pyridine rings is 1. The number of hydrogen-bond donors (Lipinski definition) is 2. The predicted octanol–water partition coefficient (Wildman–Crippen LogP) is 5.27. The average Bonchev–Trinajstić information content (AvgIpc) is 2.93. The second-order valence-corrected chi connectivity index (χ2v) is 8.79. The van der Waals surface area contributed by atoms with E-state index in [1.807, 2.05) is 12.1 Å². The van der Waals surface area contributed by atoms with Gasteiger partial charge in [0.25, 0.3) is 5.91 Å². The first-order chi connectivity index (χ1) is 18.7. The predicted molar refractivity (Wildman–Crippen MR) is 142 cm³/mol. The van der Waals surface area contributed by atoms with Gasteiger partial charge in [-0.15, -0.1) is 0 Å². The van der Waals surface area contributed by atoms with E-state index in [-0.39, 0.29) is 12.1 Å². The average molecular weight is 531 g/mol. The van der Waals surface area contributed by atoms with Crippen molar-refractivity contribution in [2.24, 2.45) is 0 Å². The van der Waals surface area contributed by atoms with E-state index < -0.39 is 28.8 Å². The molecule has 0 fully saturated rings. The third-order valence-electron chi connectivity index (χ3n) is 6.25. The van der Waals surface area contributed by atoms with Crippen LogP contribution in [0.5, 0.6) is 0 Å². The van der Waals surface area contributed by atoms with Gasteiger partial charge >= 0.3 is 17.3 Å². The lowest BCUT2D eigenvalue weighted by atomic mass is 9.98. The molecular formula is C29H21F3N4O3. The number of amides is 1. The topological polar surface area (TPSA) is 96.9 Å². The van der Waals surface area contributed by atoms with Crippen LogP contribution < -0.4 is 16.4 Å². The molecular weight excluding hydrogens is 509 g/mol. The number of rotatable bonds is 6. The summed E-state index contributed by atoms with van der Waals surface area (Å²) in [4.78, 5) is 44.9. The van der Waals surface area contributed by atoms with Crippen molar-refractivity contribution in [1.29, 1.82) is 0 Å². The molecule has 2 aromatic heterocycles. The Morgan fingerprint density at radius 3 is 2.38 bits per heavy atom. The maximum atomic E-state index is 13.2. The molecule has 1 amide bonds. The number of nitrogens with one attached hydrogen (secondary N) is 2. The third-order valence-corrected chi connectivity index (χ3v) is 6.25. The lowest BCUT2D eigenvalue weighted by Gasteiger charge is -2.13. The van der Waals surface area contributed by atoms with Crippen molar-refractivity contribution < 1.29 is 18.0 Å². The van der Waals surface area contributed by atoms with Crippen LogP contribution in [0, 0.1) is 0 Å². The molecule has 0 radical (unpaired) electrons. The van der Waals surface area contributed by atoms with Gasteiger partial charge in [0.2, 0.25) is 0 Å². The summed E-state index contributed by atoms with van der Waals surface area (Å²) in [5.74, 6) is -0.490. The molecule has 0 saturated heterocycles. The molecule has 0 aliphatic rings. The molecule has 5 rings (SSSR count). The molecule has 5 aromatic rings. The number of anilines is 1. The molecule has 3 aromatic carbocycles. The lowest BCUT2D eigenvalue weighted by molar-refractivity contribution is -0.137. The van der Waals surface area contributed by atoms with Gasteiger partial charge in [-0.1, -0.05) is 36.4 Å². The first kappa shape index (κ1) is 25.7. The van der Waals surface area contributed by atoms with Crippen molar-refractivity contribution >= 4 is 22.6 Å². The smallest absolute Gasteiger partial charge is 0.322 e. The number of fused-ring (bicyclic) bond motifs is 1. The van der Waals surface area contributed by atoms with Crippen LogP contribution >= 0.6 is 0 Å². The molecule has 0 aliphatic heterocycles. The fourth-order valence-corrected chi connectivity index (χ4v) is 4.32. The number of hydrogen-bond acceptors (Lipinski definition) is 4. The van der Waals surface area contributed by atoms with Gasteiger partial charge in [0, 0.05) is 36.1 Å². The molecule has 2 heterocycles. The first-order valence-corrected chi connectivity index (χ1v) is 12.0. The standard InChI is InChI=1S/C29H21F3N4O3/c30-29(31,32)19-10-8-18(9-11-19)22-6-1-2-7-23(22)26(37)34-21-12-13-25-24(17-21)35-27(38)28(39)36(25)16-14-20-5-3-4-15-33-20/h1-13,15,17H,14,16H2,(H,34,37)(H,35,38). The van der Waals surface area contributed by atoms with Crippen molar-refractivity contribution in [2.75, 3.05) is 5.32 Å². The summed E-state index contributed by atoms with van der Waals surface area (Å²) in [6.07, 6.45) is -2.37. The first-order valence-electron chi connectivity index (χ1n) is 12.0. The lowest BCUT2D eigenvalue weighted by Crippen LogP contribution is -2.36. The van der Waals surface area contributed by atoms with Gasteiger partial charge in [-0.05, 0) is 59.7 Å². The summed E-state index contributed by atoms with van der Waals surface area (Å²) in [6, 6.07) is 21.4. The molecule has 196 valence electrons. The van der Waals surface area contributed by atoms with Gasteiger partial charge in [0.05, 0.1) is 16.6 Å². The summed E-state index contributed by atoms with van der Waals surface area (Å²) in [6.45, 7) is 0.239. The SMILES string of the molecule is O=C(Nc1ccc2c(c1)[nH]c(=O)c(=O)n2CCc1ccccn1)c1ccccc1-c1ccc(C(F)(F)F)cc1. The quantitative estimate of drug-likeness (QED) is 0.293. The highest BCUT2D eigenvalue weighted by Crippen LogP contribution is 2.32. The van der Waals surface area contributed by atoms with Gasteiger partial charge in [0.15, 0.2) is 0 Å². The van der Waals surface area contributed by atoms with E-state index in [4.69, 9.17) is 0 Å². The van der Waals surface area contributed by atoms with Crippen molar-refractivity contribution in [1.82, 2.24) is 14.5 Å². The van der Waals surface area contributed by atoms with E-state index in [1.165, 1.54) is 16.7 Å². The second-order valence-electron chi connectivity index (χ2n) is 8.79. The molecule has 0 saturated carbocycles. The summed E-state index contributed by atoms with van der Waals surface area (Å²) in [5.41, 5.74) is 0.875. The Hall–Kier alpha value is -4.99. The van der Waals surface area contributed by atoms with Gasteiger partial charge in [0.1, 0.15) is 0 Å². The Kier molecular flexibility index (Phi) is 6.84. The number of halogens is 3. The minimum absolute atomic E-state index is 0.239. The molecule has 0 aliphatic carbocycles. The van der Waals surface area contributed by atoms with E-state index in [0.717, 1.165) is 17.8 Å². The molecule has 10 heteroatoms. The zero-order valence-electron chi connectivity index (χ0n) is 20.3. The van der Waals surface area contributed by atoms with Crippen LogP contribution in [-0.4, -0.2) is 20.4 Å². The fourth-order valence-electron chi connectivity index (χ4n) is 4.32. The largest absolute Gasteiger partial charge is 0.416 e. The van der Waals surface area contributed by atoms with Crippen molar-refractivity contribution in [3.05, 3.63) is 129 Å². The van der Waals surface area contributed by atoms with Gasteiger partial charge in [-0.25, -0.2) is 0 Å². The highest BCUT2D eigenvalue weighted by atomic mass is 19.4. The Balaban J connectivity index is 1.42. The highest BCUT2D eigenvalue weighted by molar-refractivity contribution is 6.09. The van der Waals surface area contributed by atoms with Crippen molar-refractivity contribution in [3.8, 4) is 11.1 Å². The van der Waals surface area contributed by atoms with Crippen molar-refractivity contribution in [2.45, 2.75) is 19.1 Å². The zero-order valence-corrected chi connectivity index (χ0v) is 20.3. The monoisotopic (exact) mass is 530 g/mol. The van der Waals surface area contributed by atoms with Crippen LogP contribution in [0.3, 0.4) is 0 Å². The van der Waals surface area contributed by atoms with Crippen LogP contribution in [0.2, 0.25) is 0 Å². The van der Waals surface area contributed by atoms with E-state index in [2.05, 4.69) is 15.3 Å². The maximum Gasteiger partial charge on any atom is 0.416 e. The minimum Gasteiger partial charge on any atom is -0.322 e. The number of aromatic amines is 1. The summed E-state index contributed by atoms with van der Waals surface area (Å²) < 4.78 is 40.3. The van der Waals surface area contributed by atoms with E-state index >= 15 is 0 Å².